The van der Waals surface area contributed by atoms with Gasteiger partial charge in [0.2, 0.25) is 11.8 Å². The average Bonchev–Trinajstić information content (AvgIpc) is 3.49. The van der Waals surface area contributed by atoms with Crippen LogP contribution in [-0.4, -0.2) is 25.0 Å². The minimum absolute atomic E-state index is 0.0727. The summed E-state index contributed by atoms with van der Waals surface area (Å²) in [5.41, 5.74) is 3.24. The van der Waals surface area contributed by atoms with Gasteiger partial charge in [-0.25, -0.2) is 0 Å². The minimum Gasteiger partial charge on any atom is -0.494 e. The van der Waals surface area contributed by atoms with Gasteiger partial charge in [0.1, 0.15) is 5.75 Å². The van der Waals surface area contributed by atoms with Crippen molar-refractivity contribution in [3.05, 3.63) is 48.0 Å². The molecule has 3 N–H and O–H groups in total. The fourth-order valence-electron chi connectivity index (χ4n) is 2.72. The average molecular weight is 367 g/mol. The van der Waals surface area contributed by atoms with Crippen LogP contribution < -0.4 is 20.7 Å². The zero-order chi connectivity index (χ0) is 19.2. The van der Waals surface area contributed by atoms with Gasteiger partial charge in [-0.1, -0.05) is 6.07 Å². The van der Waals surface area contributed by atoms with E-state index in [4.69, 9.17) is 4.74 Å². The zero-order valence-electron chi connectivity index (χ0n) is 15.7. The Labute approximate surface area is 159 Å². The first-order valence-electron chi connectivity index (χ1n) is 9.24. The fraction of sp³-hybridized carbons (Fsp3) is 0.333. The molecule has 142 valence electrons. The van der Waals surface area contributed by atoms with Crippen LogP contribution in [0.4, 0.5) is 17.1 Å². The normalized spacial score (nSPS) is 13.0. The predicted molar refractivity (Wildman–Crippen MR) is 107 cm³/mol. The number of hydrogen-bond acceptors (Lipinski definition) is 4. The molecule has 6 nitrogen and oxygen atoms in total. The molecule has 0 unspecified atom stereocenters. The molecule has 0 spiro atoms. The molecule has 2 amide bonds. The van der Waals surface area contributed by atoms with Crippen molar-refractivity contribution in [2.45, 2.75) is 26.7 Å². The monoisotopic (exact) mass is 367 g/mol. The lowest BCUT2D eigenvalue weighted by atomic mass is 10.1. The van der Waals surface area contributed by atoms with E-state index in [-0.39, 0.29) is 24.3 Å². The highest BCUT2D eigenvalue weighted by molar-refractivity contribution is 5.96. The Morgan fingerprint density at radius 2 is 1.74 bits per heavy atom. The van der Waals surface area contributed by atoms with Crippen LogP contribution in [0.3, 0.4) is 0 Å². The van der Waals surface area contributed by atoms with Crippen molar-refractivity contribution >= 4 is 28.9 Å². The van der Waals surface area contributed by atoms with E-state index >= 15 is 0 Å². The van der Waals surface area contributed by atoms with Crippen molar-refractivity contribution in [2.24, 2.45) is 5.92 Å². The molecule has 1 fully saturated rings. The molecule has 0 aromatic heterocycles. The molecule has 1 aliphatic carbocycles. The van der Waals surface area contributed by atoms with E-state index in [0.717, 1.165) is 35.5 Å². The second-order valence-corrected chi connectivity index (χ2v) is 6.60. The molecule has 1 aliphatic rings. The Balaban J connectivity index is 1.54. The summed E-state index contributed by atoms with van der Waals surface area (Å²) in [6.07, 6.45) is 1.93. The van der Waals surface area contributed by atoms with Crippen LogP contribution in [0.25, 0.3) is 0 Å². The van der Waals surface area contributed by atoms with Crippen LogP contribution in [0.5, 0.6) is 5.75 Å². The summed E-state index contributed by atoms with van der Waals surface area (Å²) < 4.78 is 5.39. The third-order valence-electron chi connectivity index (χ3n) is 4.43. The van der Waals surface area contributed by atoms with Gasteiger partial charge in [-0.05, 0) is 68.7 Å². The Morgan fingerprint density at radius 3 is 2.41 bits per heavy atom. The first-order chi connectivity index (χ1) is 13.1. The quantitative estimate of drug-likeness (QED) is 0.663. The zero-order valence-corrected chi connectivity index (χ0v) is 15.7. The van der Waals surface area contributed by atoms with Crippen molar-refractivity contribution in [1.29, 1.82) is 0 Å². The number of carbonyl (C=O) groups is 2. The molecule has 3 rings (SSSR count). The topological polar surface area (TPSA) is 79.5 Å². The van der Waals surface area contributed by atoms with E-state index in [1.807, 2.05) is 56.3 Å². The van der Waals surface area contributed by atoms with Crippen LogP contribution in [0.15, 0.2) is 42.5 Å². The second kappa shape index (κ2) is 8.58. The summed E-state index contributed by atoms with van der Waals surface area (Å²) >= 11 is 0. The maximum absolute atomic E-state index is 12.2. The van der Waals surface area contributed by atoms with Gasteiger partial charge in [0.15, 0.2) is 0 Å². The standard InChI is InChI=1S/C21H25N3O3/c1-3-27-17-11-9-16(10-12-17)23-20(25)13-22-18-5-4-6-19(14(18)2)24-21(26)15-7-8-15/h4-6,9-12,15,22H,3,7-8,13H2,1-2H3,(H,23,25)(H,24,26). The molecule has 6 heteroatoms. The van der Waals surface area contributed by atoms with Crippen molar-refractivity contribution in [3.63, 3.8) is 0 Å². The van der Waals surface area contributed by atoms with Gasteiger partial charge >= 0.3 is 0 Å². The highest BCUT2D eigenvalue weighted by Gasteiger charge is 2.29. The molecule has 0 atom stereocenters. The van der Waals surface area contributed by atoms with Crippen molar-refractivity contribution in [3.8, 4) is 5.75 Å². The van der Waals surface area contributed by atoms with Gasteiger partial charge in [0, 0.05) is 23.0 Å². The first-order valence-corrected chi connectivity index (χ1v) is 9.24. The summed E-state index contributed by atoms with van der Waals surface area (Å²) in [4.78, 5) is 24.2. The highest BCUT2D eigenvalue weighted by Crippen LogP contribution is 2.31. The maximum Gasteiger partial charge on any atom is 0.243 e. The third-order valence-corrected chi connectivity index (χ3v) is 4.43. The fourth-order valence-corrected chi connectivity index (χ4v) is 2.72. The van der Waals surface area contributed by atoms with Crippen LogP contribution in [0.1, 0.15) is 25.3 Å². The second-order valence-electron chi connectivity index (χ2n) is 6.60. The van der Waals surface area contributed by atoms with E-state index in [1.165, 1.54) is 0 Å². The SMILES string of the molecule is CCOc1ccc(NC(=O)CNc2cccc(NC(=O)C3CC3)c2C)cc1. The van der Waals surface area contributed by atoms with Gasteiger partial charge in [-0.2, -0.15) is 0 Å². The molecule has 0 saturated heterocycles. The summed E-state index contributed by atoms with van der Waals surface area (Å²) in [6, 6.07) is 12.9. The van der Waals surface area contributed by atoms with E-state index in [0.29, 0.717) is 12.3 Å². The van der Waals surface area contributed by atoms with Crippen molar-refractivity contribution < 1.29 is 14.3 Å². The summed E-state index contributed by atoms with van der Waals surface area (Å²) in [5, 5.41) is 8.94. The number of benzene rings is 2. The van der Waals surface area contributed by atoms with Crippen LogP contribution >= 0.6 is 0 Å². The maximum atomic E-state index is 12.2. The third kappa shape index (κ3) is 5.23. The van der Waals surface area contributed by atoms with Gasteiger partial charge in [-0.3, -0.25) is 9.59 Å². The predicted octanol–water partition coefficient (Wildman–Crippen LogP) is 3.79. The number of carbonyl (C=O) groups excluding carboxylic acids is 2. The molecule has 27 heavy (non-hydrogen) atoms. The molecular weight excluding hydrogens is 342 g/mol. The lowest BCUT2D eigenvalue weighted by molar-refractivity contribution is -0.117. The van der Waals surface area contributed by atoms with Gasteiger partial charge < -0.3 is 20.7 Å². The Bertz CT molecular complexity index is 814. The van der Waals surface area contributed by atoms with Gasteiger partial charge in [-0.15, -0.1) is 0 Å². The summed E-state index contributed by atoms with van der Waals surface area (Å²) in [5.74, 6) is 0.852. The summed E-state index contributed by atoms with van der Waals surface area (Å²) in [7, 11) is 0. The molecule has 0 bridgehead atoms. The van der Waals surface area contributed by atoms with Gasteiger partial charge in [0.05, 0.1) is 13.2 Å². The molecule has 2 aromatic rings. The van der Waals surface area contributed by atoms with E-state index in [2.05, 4.69) is 16.0 Å². The number of anilines is 3. The van der Waals surface area contributed by atoms with Crippen molar-refractivity contribution in [1.82, 2.24) is 0 Å². The number of hydrogen-bond donors (Lipinski definition) is 3. The lowest BCUT2D eigenvalue weighted by Crippen LogP contribution is -2.22. The molecular formula is C21H25N3O3. The smallest absolute Gasteiger partial charge is 0.243 e. The Morgan fingerprint density at radius 1 is 1.04 bits per heavy atom. The van der Waals surface area contributed by atoms with Gasteiger partial charge in [0.25, 0.3) is 0 Å². The lowest BCUT2D eigenvalue weighted by Gasteiger charge is -2.14. The molecule has 0 radical (unpaired) electrons. The largest absolute Gasteiger partial charge is 0.494 e. The molecule has 2 aromatic carbocycles. The Kier molecular flexibility index (Phi) is 5.96. The number of amides is 2. The van der Waals surface area contributed by atoms with E-state index in [9.17, 15) is 9.59 Å². The first kappa shape index (κ1) is 18.8. The molecule has 0 heterocycles. The molecule has 1 saturated carbocycles. The van der Waals surface area contributed by atoms with E-state index in [1.54, 1.807) is 0 Å². The van der Waals surface area contributed by atoms with Crippen LogP contribution in [0.2, 0.25) is 0 Å². The number of nitrogens with one attached hydrogen (secondary N) is 3. The highest BCUT2D eigenvalue weighted by atomic mass is 16.5. The molecule has 0 aliphatic heterocycles. The number of rotatable bonds is 8. The Hall–Kier alpha value is -3.02. The summed E-state index contributed by atoms with van der Waals surface area (Å²) in [6.45, 7) is 4.59. The van der Waals surface area contributed by atoms with Crippen molar-refractivity contribution in [2.75, 3.05) is 29.1 Å². The van der Waals surface area contributed by atoms with Crippen LogP contribution in [0, 0.1) is 12.8 Å². The number of ether oxygens (including phenoxy) is 1. The van der Waals surface area contributed by atoms with Crippen LogP contribution in [-0.2, 0) is 9.59 Å². The van der Waals surface area contributed by atoms with E-state index < -0.39 is 0 Å². The minimum atomic E-state index is -0.147.